The molecule has 1 unspecified atom stereocenters. The summed E-state index contributed by atoms with van der Waals surface area (Å²) in [5.74, 6) is 0.0175. The number of halogens is 1. The van der Waals surface area contributed by atoms with Gasteiger partial charge in [-0.15, -0.1) is 0 Å². The lowest BCUT2D eigenvalue weighted by atomic mass is 10.0. The number of nitrogens with one attached hydrogen (secondary N) is 1. The zero-order valence-electron chi connectivity index (χ0n) is 11.2. The molecule has 1 atom stereocenters. The van der Waals surface area contributed by atoms with Gasteiger partial charge in [0, 0.05) is 25.2 Å². The summed E-state index contributed by atoms with van der Waals surface area (Å²) in [7, 11) is 1.49. The van der Waals surface area contributed by atoms with E-state index in [1.165, 1.54) is 7.11 Å². The molecule has 0 radical (unpaired) electrons. The van der Waals surface area contributed by atoms with Crippen molar-refractivity contribution in [3.05, 3.63) is 29.6 Å². The third-order valence-corrected chi connectivity index (χ3v) is 3.75. The normalized spacial score (nSPS) is 17.6. The van der Waals surface area contributed by atoms with Crippen molar-refractivity contribution < 1.29 is 9.13 Å². The Kier molecular flexibility index (Phi) is 4.19. The Morgan fingerprint density at radius 1 is 1.50 bits per heavy atom. The highest BCUT2D eigenvalue weighted by atomic mass is 19.1. The average Bonchev–Trinajstić information content (AvgIpc) is 2.32. The van der Waals surface area contributed by atoms with Crippen LogP contribution in [0.2, 0.25) is 0 Å². The first-order valence-electron chi connectivity index (χ1n) is 6.47. The molecule has 1 aliphatic rings. The number of nitrogens with zero attached hydrogens (tertiary/aromatic N) is 1. The maximum Gasteiger partial charge on any atom is 0.165 e. The fraction of sp³-hybridized carbons (Fsp3) is 0.571. The van der Waals surface area contributed by atoms with Gasteiger partial charge < -0.3 is 10.1 Å². The minimum absolute atomic E-state index is 0.225. The minimum Gasteiger partial charge on any atom is -0.494 e. The molecule has 1 aromatic rings. The van der Waals surface area contributed by atoms with E-state index in [0.29, 0.717) is 11.8 Å². The summed E-state index contributed by atoms with van der Waals surface area (Å²) in [6, 6.07) is 6.02. The maximum absolute atomic E-state index is 13.7. The van der Waals surface area contributed by atoms with E-state index in [1.54, 1.807) is 12.1 Å². The highest BCUT2D eigenvalue weighted by Crippen LogP contribution is 2.27. The van der Waals surface area contributed by atoms with Crippen molar-refractivity contribution in [2.75, 3.05) is 26.7 Å². The SMILES string of the molecule is CCN(C1CNC1)C(C)c1ccc(OC)c(F)c1. The van der Waals surface area contributed by atoms with Crippen LogP contribution in [-0.2, 0) is 0 Å². The molecule has 3 nitrogen and oxygen atoms in total. The molecule has 0 amide bonds. The van der Waals surface area contributed by atoms with Crippen LogP contribution in [0.5, 0.6) is 5.75 Å². The largest absolute Gasteiger partial charge is 0.494 e. The Morgan fingerprint density at radius 3 is 2.67 bits per heavy atom. The first-order chi connectivity index (χ1) is 8.67. The number of hydrogen-bond donors (Lipinski definition) is 1. The van der Waals surface area contributed by atoms with E-state index in [0.717, 1.165) is 25.2 Å². The van der Waals surface area contributed by atoms with Crippen molar-refractivity contribution in [2.45, 2.75) is 25.9 Å². The molecule has 0 saturated carbocycles. The van der Waals surface area contributed by atoms with Gasteiger partial charge in [-0.3, -0.25) is 4.90 Å². The summed E-state index contributed by atoms with van der Waals surface area (Å²) in [5.41, 5.74) is 1.00. The van der Waals surface area contributed by atoms with E-state index in [4.69, 9.17) is 4.74 Å². The third kappa shape index (κ3) is 2.49. The van der Waals surface area contributed by atoms with Crippen molar-refractivity contribution >= 4 is 0 Å². The molecule has 0 aliphatic carbocycles. The number of likely N-dealkylation sites (N-methyl/N-ethyl adjacent to an activating group) is 1. The summed E-state index contributed by atoms with van der Waals surface area (Å²) in [6.07, 6.45) is 0. The molecule has 1 saturated heterocycles. The Morgan fingerprint density at radius 2 is 2.22 bits per heavy atom. The van der Waals surface area contributed by atoms with Crippen LogP contribution in [0.3, 0.4) is 0 Å². The average molecular weight is 252 g/mol. The standard InChI is InChI=1S/C14H21FN2O/c1-4-17(12-8-16-9-12)10(2)11-5-6-14(18-3)13(15)7-11/h5-7,10,12,16H,4,8-9H2,1-3H3. The topological polar surface area (TPSA) is 24.5 Å². The zero-order chi connectivity index (χ0) is 13.1. The van der Waals surface area contributed by atoms with Crippen LogP contribution in [-0.4, -0.2) is 37.7 Å². The summed E-state index contributed by atoms with van der Waals surface area (Å²) < 4.78 is 18.7. The molecular formula is C14H21FN2O. The van der Waals surface area contributed by atoms with Gasteiger partial charge in [-0.2, -0.15) is 0 Å². The van der Waals surface area contributed by atoms with Crippen molar-refractivity contribution in [3.8, 4) is 5.75 Å². The highest BCUT2D eigenvalue weighted by Gasteiger charge is 2.27. The number of benzene rings is 1. The minimum atomic E-state index is -0.287. The van der Waals surface area contributed by atoms with Gasteiger partial charge in [0.05, 0.1) is 7.11 Å². The van der Waals surface area contributed by atoms with Gasteiger partial charge in [0.2, 0.25) is 0 Å². The fourth-order valence-electron chi connectivity index (χ4n) is 2.49. The van der Waals surface area contributed by atoms with Crippen LogP contribution >= 0.6 is 0 Å². The molecule has 1 heterocycles. The lowest BCUT2D eigenvalue weighted by Gasteiger charge is -2.41. The van der Waals surface area contributed by atoms with Gasteiger partial charge in [-0.05, 0) is 31.2 Å². The number of hydrogen-bond acceptors (Lipinski definition) is 3. The summed E-state index contributed by atoms with van der Waals surface area (Å²) >= 11 is 0. The molecule has 1 fully saturated rings. The molecule has 18 heavy (non-hydrogen) atoms. The smallest absolute Gasteiger partial charge is 0.165 e. The molecule has 100 valence electrons. The molecule has 1 N–H and O–H groups in total. The van der Waals surface area contributed by atoms with Crippen LogP contribution in [0.25, 0.3) is 0 Å². The van der Waals surface area contributed by atoms with Crippen LogP contribution in [0.4, 0.5) is 4.39 Å². The molecular weight excluding hydrogens is 231 g/mol. The van der Waals surface area contributed by atoms with Crippen LogP contribution in [0.1, 0.15) is 25.5 Å². The van der Waals surface area contributed by atoms with Gasteiger partial charge in [-0.1, -0.05) is 13.0 Å². The second-order valence-corrected chi connectivity index (χ2v) is 4.71. The lowest BCUT2D eigenvalue weighted by molar-refractivity contribution is 0.109. The molecule has 1 aliphatic heterocycles. The van der Waals surface area contributed by atoms with Crippen molar-refractivity contribution in [3.63, 3.8) is 0 Å². The number of methoxy groups -OCH3 is 1. The van der Waals surface area contributed by atoms with E-state index in [9.17, 15) is 4.39 Å². The van der Waals surface area contributed by atoms with Gasteiger partial charge in [0.25, 0.3) is 0 Å². The fourth-order valence-corrected chi connectivity index (χ4v) is 2.49. The second kappa shape index (κ2) is 5.67. The molecule has 0 bridgehead atoms. The quantitative estimate of drug-likeness (QED) is 0.869. The van der Waals surface area contributed by atoms with E-state index in [2.05, 4.69) is 24.1 Å². The zero-order valence-corrected chi connectivity index (χ0v) is 11.2. The van der Waals surface area contributed by atoms with Crippen molar-refractivity contribution in [2.24, 2.45) is 0 Å². The van der Waals surface area contributed by atoms with E-state index >= 15 is 0 Å². The van der Waals surface area contributed by atoms with Gasteiger partial charge >= 0.3 is 0 Å². The van der Waals surface area contributed by atoms with E-state index < -0.39 is 0 Å². The Labute approximate surface area is 108 Å². The van der Waals surface area contributed by atoms with Gasteiger partial charge in [0.1, 0.15) is 0 Å². The predicted molar refractivity (Wildman–Crippen MR) is 70.4 cm³/mol. The van der Waals surface area contributed by atoms with Crippen LogP contribution in [0.15, 0.2) is 18.2 Å². The molecule has 2 rings (SSSR count). The number of ether oxygens (including phenoxy) is 1. The molecule has 0 aromatic heterocycles. The van der Waals surface area contributed by atoms with E-state index in [1.807, 2.05) is 6.07 Å². The van der Waals surface area contributed by atoms with Gasteiger partial charge in [0.15, 0.2) is 11.6 Å². The lowest BCUT2D eigenvalue weighted by Crippen LogP contribution is -2.57. The monoisotopic (exact) mass is 252 g/mol. The van der Waals surface area contributed by atoms with Crippen LogP contribution < -0.4 is 10.1 Å². The third-order valence-electron chi connectivity index (χ3n) is 3.75. The van der Waals surface area contributed by atoms with Crippen molar-refractivity contribution in [1.82, 2.24) is 10.2 Å². The Hall–Kier alpha value is -1.13. The second-order valence-electron chi connectivity index (χ2n) is 4.71. The molecule has 4 heteroatoms. The Bertz CT molecular complexity index is 407. The first kappa shape index (κ1) is 13.3. The van der Waals surface area contributed by atoms with E-state index in [-0.39, 0.29) is 11.9 Å². The summed E-state index contributed by atoms with van der Waals surface area (Å²) in [4.78, 5) is 2.40. The number of rotatable bonds is 5. The van der Waals surface area contributed by atoms with Crippen LogP contribution in [0, 0.1) is 5.82 Å². The Balaban J connectivity index is 2.16. The summed E-state index contributed by atoms with van der Waals surface area (Å²) in [6.45, 7) is 7.30. The first-order valence-corrected chi connectivity index (χ1v) is 6.47. The predicted octanol–water partition coefficient (Wildman–Crippen LogP) is 2.19. The highest BCUT2D eigenvalue weighted by molar-refractivity contribution is 5.31. The summed E-state index contributed by atoms with van der Waals surface area (Å²) in [5, 5.41) is 3.28. The molecule has 1 aromatic carbocycles. The van der Waals surface area contributed by atoms with Gasteiger partial charge in [-0.25, -0.2) is 4.39 Å². The van der Waals surface area contributed by atoms with Crippen molar-refractivity contribution in [1.29, 1.82) is 0 Å². The maximum atomic E-state index is 13.7. The molecule has 0 spiro atoms.